The van der Waals surface area contributed by atoms with Crippen LogP contribution in [0, 0.1) is 6.92 Å². The van der Waals surface area contributed by atoms with Crippen molar-refractivity contribution in [1.29, 1.82) is 0 Å². The second kappa shape index (κ2) is 7.89. The molecule has 23 heavy (non-hydrogen) atoms. The van der Waals surface area contributed by atoms with Gasteiger partial charge in [-0.1, -0.05) is 48.0 Å². The van der Waals surface area contributed by atoms with Gasteiger partial charge >= 0.3 is 0 Å². The van der Waals surface area contributed by atoms with Crippen LogP contribution in [0.3, 0.4) is 0 Å². The van der Waals surface area contributed by atoms with Crippen molar-refractivity contribution < 1.29 is 14.4 Å². The molecule has 0 bridgehead atoms. The maximum Gasteiger partial charge on any atom is 0.269 e. The van der Waals surface area contributed by atoms with E-state index in [-0.39, 0.29) is 18.6 Å². The lowest BCUT2D eigenvalue weighted by Crippen LogP contribution is -2.41. The Hall–Kier alpha value is -2.95. The first-order valence-corrected chi connectivity index (χ1v) is 7.30. The Labute approximate surface area is 134 Å². The summed E-state index contributed by atoms with van der Waals surface area (Å²) >= 11 is 0. The molecule has 0 aliphatic rings. The first kappa shape index (κ1) is 16.4. The summed E-state index contributed by atoms with van der Waals surface area (Å²) in [7, 11) is 0. The van der Waals surface area contributed by atoms with Crippen molar-refractivity contribution in [2.45, 2.75) is 19.8 Å². The predicted octanol–water partition coefficient (Wildman–Crippen LogP) is 2.42. The zero-order valence-corrected chi connectivity index (χ0v) is 12.8. The third-order valence-corrected chi connectivity index (χ3v) is 3.30. The summed E-state index contributed by atoms with van der Waals surface area (Å²) in [5.74, 6) is -0.909. The van der Waals surface area contributed by atoms with Gasteiger partial charge in [0.1, 0.15) is 0 Å². The maximum absolute atomic E-state index is 12.0. The molecular weight excluding hydrogens is 292 g/mol. The normalized spacial score (nSPS) is 9.96. The Morgan fingerprint density at radius 3 is 2.09 bits per heavy atom. The molecule has 118 valence electrons. The molecule has 2 rings (SSSR count). The third-order valence-electron chi connectivity index (χ3n) is 3.30. The van der Waals surface area contributed by atoms with Crippen LogP contribution in [0.15, 0.2) is 54.6 Å². The van der Waals surface area contributed by atoms with Crippen LogP contribution in [0.1, 0.15) is 39.1 Å². The molecule has 0 radical (unpaired) electrons. The number of hydrogen-bond donors (Lipinski definition) is 2. The molecule has 5 nitrogen and oxygen atoms in total. The number of carbonyl (C=O) groups excluding carboxylic acids is 3. The molecule has 0 saturated heterocycles. The fourth-order valence-electron chi connectivity index (χ4n) is 1.96. The molecule has 0 atom stereocenters. The summed E-state index contributed by atoms with van der Waals surface area (Å²) in [6.45, 7) is 1.94. The van der Waals surface area contributed by atoms with E-state index in [0.717, 1.165) is 5.56 Å². The lowest BCUT2D eigenvalue weighted by molar-refractivity contribution is -0.121. The van der Waals surface area contributed by atoms with Gasteiger partial charge in [-0.25, -0.2) is 0 Å². The van der Waals surface area contributed by atoms with Crippen molar-refractivity contribution in [3.8, 4) is 0 Å². The van der Waals surface area contributed by atoms with Gasteiger partial charge in [-0.3, -0.25) is 25.2 Å². The van der Waals surface area contributed by atoms with Crippen LogP contribution in [0.2, 0.25) is 0 Å². The van der Waals surface area contributed by atoms with Crippen molar-refractivity contribution in [3.63, 3.8) is 0 Å². The molecule has 0 aliphatic carbocycles. The quantitative estimate of drug-likeness (QED) is 0.658. The average Bonchev–Trinajstić information content (AvgIpc) is 2.59. The smallest absolute Gasteiger partial charge is 0.269 e. The molecule has 0 unspecified atom stereocenters. The van der Waals surface area contributed by atoms with E-state index in [1.165, 1.54) is 0 Å². The lowest BCUT2D eigenvalue weighted by atomic mass is 10.1. The molecular formula is C18H18N2O3. The number of nitrogens with one attached hydrogen (secondary N) is 2. The number of hydrogen-bond acceptors (Lipinski definition) is 3. The van der Waals surface area contributed by atoms with Crippen LogP contribution >= 0.6 is 0 Å². The Bertz CT molecular complexity index is 694. The molecule has 0 fully saturated rings. The number of hydrazine groups is 1. The van der Waals surface area contributed by atoms with Crippen molar-refractivity contribution in [2.24, 2.45) is 0 Å². The minimum atomic E-state index is -0.408. The van der Waals surface area contributed by atoms with Crippen LogP contribution in [0.5, 0.6) is 0 Å². The van der Waals surface area contributed by atoms with E-state index in [1.54, 1.807) is 42.5 Å². The molecule has 2 aromatic carbocycles. The SMILES string of the molecule is Cc1ccc(C(=O)CCC(=O)NNC(=O)c2ccccc2)cc1. The van der Waals surface area contributed by atoms with Gasteiger partial charge in [0.15, 0.2) is 5.78 Å². The van der Waals surface area contributed by atoms with E-state index in [1.807, 2.05) is 19.1 Å². The predicted molar refractivity (Wildman–Crippen MR) is 86.8 cm³/mol. The molecule has 0 spiro atoms. The van der Waals surface area contributed by atoms with Crippen molar-refractivity contribution in [2.75, 3.05) is 0 Å². The molecule has 0 heterocycles. The summed E-state index contributed by atoms with van der Waals surface area (Å²) in [5.41, 5.74) is 6.73. The standard InChI is InChI=1S/C18H18N2O3/c1-13-7-9-14(10-8-13)16(21)11-12-17(22)19-20-18(23)15-5-3-2-4-6-15/h2-10H,11-12H2,1H3,(H,19,22)(H,20,23). The summed E-state index contributed by atoms with van der Waals surface area (Å²) < 4.78 is 0. The zero-order chi connectivity index (χ0) is 16.7. The summed E-state index contributed by atoms with van der Waals surface area (Å²) in [6, 6.07) is 15.7. The molecule has 0 aromatic heterocycles. The van der Waals surface area contributed by atoms with E-state index >= 15 is 0 Å². The summed E-state index contributed by atoms with van der Waals surface area (Å²) in [5, 5.41) is 0. The third kappa shape index (κ3) is 5.07. The minimum absolute atomic E-state index is 0.0157. The Kier molecular flexibility index (Phi) is 5.63. The van der Waals surface area contributed by atoms with Gasteiger partial charge < -0.3 is 0 Å². The highest BCUT2D eigenvalue weighted by Crippen LogP contribution is 2.07. The summed E-state index contributed by atoms with van der Waals surface area (Å²) in [4.78, 5) is 35.4. The number of ketones is 1. The molecule has 2 N–H and O–H groups in total. The Balaban J connectivity index is 1.76. The molecule has 5 heteroatoms. The second-order valence-electron chi connectivity index (χ2n) is 5.16. The fraction of sp³-hybridized carbons (Fsp3) is 0.167. The minimum Gasteiger partial charge on any atom is -0.294 e. The monoisotopic (exact) mass is 310 g/mol. The van der Waals surface area contributed by atoms with Gasteiger partial charge in [-0.2, -0.15) is 0 Å². The first-order chi connectivity index (χ1) is 11.1. The highest BCUT2D eigenvalue weighted by atomic mass is 16.2. The largest absolute Gasteiger partial charge is 0.294 e. The average molecular weight is 310 g/mol. The van der Waals surface area contributed by atoms with Gasteiger partial charge in [0, 0.05) is 24.0 Å². The van der Waals surface area contributed by atoms with Crippen LogP contribution in [-0.4, -0.2) is 17.6 Å². The lowest BCUT2D eigenvalue weighted by Gasteiger charge is -2.07. The van der Waals surface area contributed by atoms with Crippen LogP contribution < -0.4 is 10.9 Å². The van der Waals surface area contributed by atoms with Gasteiger partial charge in [0.2, 0.25) is 5.91 Å². The maximum atomic E-state index is 12.0. The number of amides is 2. The summed E-state index contributed by atoms with van der Waals surface area (Å²) in [6.07, 6.45) is 0.109. The molecule has 0 saturated carbocycles. The molecule has 0 aliphatic heterocycles. The first-order valence-electron chi connectivity index (χ1n) is 7.30. The van der Waals surface area contributed by atoms with Crippen LogP contribution in [-0.2, 0) is 4.79 Å². The van der Waals surface area contributed by atoms with Gasteiger partial charge in [0.05, 0.1) is 0 Å². The topological polar surface area (TPSA) is 75.3 Å². The van der Waals surface area contributed by atoms with E-state index in [9.17, 15) is 14.4 Å². The number of Topliss-reactive ketones (excluding diaryl/α,β-unsaturated/α-hetero) is 1. The highest BCUT2D eigenvalue weighted by molar-refractivity contribution is 5.98. The van der Waals surface area contributed by atoms with E-state index in [0.29, 0.717) is 11.1 Å². The van der Waals surface area contributed by atoms with E-state index in [2.05, 4.69) is 10.9 Å². The van der Waals surface area contributed by atoms with Crippen LogP contribution in [0.25, 0.3) is 0 Å². The van der Waals surface area contributed by atoms with E-state index in [4.69, 9.17) is 0 Å². The highest BCUT2D eigenvalue weighted by Gasteiger charge is 2.10. The second-order valence-corrected chi connectivity index (χ2v) is 5.16. The van der Waals surface area contributed by atoms with Crippen molar-refractivity contribution >= 4 is 17.6 Å². The number of aryl methyl sites for hydroxylation is 1. The number of carbonyl (C=O) groups is 3. The Morgan fingerprint density at radius 1 is 0.783 bits per heavy atom. The van der Waals surface area contributed by atoms with E-state index < -0.39 is 11.8 Å². The zero-order valence-electron chi connectivity index (χ0n) is 12.8. The van der Waals surface area contributed by atoms with Crippen molar-refractivity contribution in [3.05, 3.63) is 71.3 Å². The fourth-order valence-corrected chi connectivity index (χ4v) is 1.96. The van der Waals surface area contributed by atoms with Gasteiger partial charge in [0.25, 0.3) is 5.91 Å². The van der Waals surface area contributed by atoms with Crippen LogP contribution in [0.4, 0.5) is 0 Å². The van der Waals surface area contributed by atoms with Gasteiger partial charge in [-0.05, 0) is 19.1 Å². The van der Waals surface area contributed by atoms with Gasteiger partial charge in [-0.15, -0.1) is 0 Å². The Morgan fingerprint density at radius 2 is 1.43 bits per heavy atom. The number of rotatable bonds is 5. The van der Waals surface area contributed by atoms with Crippen molar-refractivity contribution in [1.82, 2.24) is 10.9 Å². The molecule has 2 aromatic rings. The molecule has 2 amide bonds. The number of benzene rings is 2.